The molecule has 1 atom stereocenters. The Morgan fingerprint density at radius 1 is 1.37 bits per heavy atom. The molecule has 2 rings (SSSR count). The van der Waals surface area contributed by atoms with Crippen LogP contribution in [-0.4, -0.2) is 24.1 Å². The van der Waals surface area contributed by atoms with Gasteiger partial charge in [0.15, 0.2) is 5.78 Å². The summed E-state index contributed by atoms with van der Waals surface area (Å²) in [4.78, 5) is 12.6. The fraction of sp³-hybridized carbons (Fsp3) is 0.562. The molecule has 1 aliphatic rings. The summed E-state index contributed by atoms with van der Waals surface area (Å²) in [6, 6.07) is 7.38. The molecule has 1 aromatic carbocycles. The molecular weight excluding hydrogens is 240 g/mol. The van der Waals surface area contributed by atoms with Crippen molar-refractivity contribution in [2.75, 3.05) is 6.61 Å². The second kappa shape index (κ2) is 5.74. The van der Waals surface area contributed by atoms with Crippen molar-refractivity contribution in [3.8, 4) is 5.75 Å². The molecule has 0 aliphatic carbocycles. The molecule has 0 aromatic heterocycles. The van der Waals surface area contributed by atoms with Gasteiger partial charge in [0.05, 0.1) is 6.10 Å². The molecule has 1 aliphatic heterocycles. The summed E-state index contributed by atoms with van der Waals surface area (Å²) in [5.41, 5.74) is -0.00289. The summed E-state index contributed by atoms with van der Waals surface area (Å²) in [7, 11) is 0. The smallest absolute Gasteiger partial charge is 0.194 e. The van der Waals surface area contributed by atoms with Crippen molar-refractivity contribution in [1.29, 1.82) is 0 Å². The lowest BCUT2D eigenvalue weighted by Gasteiger charge is -2.32. The Hall–Kier alpha value is -1.35. The van der Waals surface area contributed by atoms with Crippen LogP contribution in [0.5, 0.6) is 5.75 Å². The number of ketones is 1. The SMILES string of the molecule is CC(C)Oc1cccc(C(=O)C2(C)CCCCO2)c1. The van der Waals surface area contributed by atoms with Crippen molar-refractivity contribution >= 4 is 5.78 Å². The van der Waals surface area contributed by atoms with Gasteiger partial charge in [-0.3, -0.25) is 4.79 Å². The molecule has 104 valence electrons. The Labute approximate surface area is 114 Å². The molecular formula is C16H22O3. The number of hydrogen-bond acceptors (Lipinski definition) is 3. The van der Waals surface area contributed by atoms with Gasteiger partial charge < -0.3 is 9.47 Å². The van der Waals surface area contributed by atoms with Crippen LogP contribution in [0.2, 0.25) is 0 Å². The van der Waals surface area contributed by atoms with Gasteiger partial charge in [0.2, 0.25) is 0 Å². The summed E-state index contributed by atoms with van der Waals surface area (Å²) in [6.07, 6.45) is 2.98. The monoisotopic (exact) mass is 262 g/mol. The molecule has 0 radical (unpaired) electrons. The normalized spacial score (nSPS) is 23.4. The molecule has 0 bridgehead atoms. The van der Waals surface area contributed by atoms with E-state index in [2.05, 4.69) is 0 Å². The average molecular weight is 262 g/mol. The molecule has 19 heavy (non-hydrogen) atoms. The minimum Gasteiger partial charge on any atom is -0.491 e. The molecule has 1 unspecified atom stereocenters. The Morgan fingerprint density at radius 2 is 2.16 bits per heavy atom. The first-order chi connectivity index (χ1) is 9.01. The van der Waals surface area contributed by atoms with E-state index in [0.29, 0.717) is 12.2 Å². The van der Waals surface area contributed by atoms with Gasteiger partial charge in [-0.1, -0.05) is 12.1 Å². The first-order valence-electron chi connectivity index (χ1n) is 6.97. The third-order valence-corrected chi connectivity index (χ3v) is 3.42. The van der Waals surface area contributed by atoms with Crippen molar-refractivity contribution in [2.24, 2.45) is 0 Å². The van der Waals surface area contributed by atoms with Crippen LogP contribution >= 0.6 is 0 Å². The van der Waals surface area contributed by atoms with Crippen LogP contribution in [0.25, 0.3) is 0 Å². The summed E-state index contributed by atoms with van der Waals surface area (Å²) < 4.78 is 11.3. The molecule has 3 nitrogen and oxygen atoms in total. The number of hydrogen-bond donors (Lipinski definition) is 0. The van der Waals surface area contributed by atoms with Crippen LogP contribution in [0, 0.1) is 0 Å². The fourth-order valence-corrected chi connectivity index (χ4v) is 2.40. The first kappa shape index (κ1) is 14.1. The van der Waals surface area contributed by atoms with E-state index < -0.39 is 5.60 Å². The van der Waals surface area contributed by atoms with Crippen LogP contribution in [0.1, 0.15) is 50.4 Å². The molecule has 1 heterocycles. The molecule has 1 aromatic rings. The number of carbonyl (C=O) groups excluding carboxylic acids is 1. The standard InChI is InChI=1S/C16H22O3/c1-12(2)19-14-8-6-7-13(11-14)15(17)16(3)9-4-5-10-18-16/h6-8,11-12H,4-5,9-10H2,1-3H3. The van der Waals surface area contributed by atoms with Crippen LogP contribution < -0.4 is 4.74 Å². The summed E-state index contributed by atoms with van der Waals surface area (Å²) in [6.45, 7) is 6.51. The van der Waals surface area contributed by atoms with Gasteiger partial charge in [0.25, 0.3) is 0 Å². The fourth-order valence-electron chi connectivity index (χ4n) is 2.40. The Balaban J connectivity index is 2.18. The number of Topliss-reactive ketones (excluding diaryl/α,β-unsaturated/α-hetero) is 1. The van der Waals surface area contributed by atoms with E-state index in [1.54, 1.807) is 0 Å². The Kier molecular flexibility index (Phi) is 4.25. The highest BCUT2D eigenvalue weighted by molar-refractivity contribution is 6.02. The number of ether oxygens (including phenoxy) is 2. The van der Waals surface area contributed by atoms with Crippen molar-refractivity contribution in [2.45, 2.75) is 51.7 Å². The van der Waals surface area contributed by atoms with Crippen LogP contribution in [-0.2, 0) is 4.74 Å². The summed E-state index contributed by atoms with van der Waals surface area (Å²) >= 11 is 0. The summed E-state index contributed by atoms with van der Waals surface area (Å²) in [5, 5.41) is 0. The maximum Gasteiger partial charge on any atom is 0.194 e. The van der Waals surface area contributed by atoms with Crippen molar-refractivity contribution in [3.05, 3.63) is 29.8 Å². The van der Waals surface area contributed by atoms with Crippen molar-refractivity contribution in [3.63, 3.8) is 0 Å². The molecule has 0 spiro atoms. The molecule has 0 N–H and O–H groups in total. The third kappa shape index (κ3) is 3.35. The van der Waals surface area contributed by atoms with Crippen molar-refractivity contribution < 1.29 is 14.3 Å². The molecule has 3 heteroatoms. The third-order valence-electron chi connectivity index (χ3n) is 3.42. The maximum atomic E-state index is 12.6. The van der Waals surface area contributed by atoms with E-state index >= 15 is 0 Å². The Bertz CT molecular complexity index is 445. The lowest BCUT2D eigenvalue weighted by atomic mass is 9.88. The minimum absolute atomic E-state index is 0.0569. The predicted molar refractivity (Wildman–Crippen MR) is 74.7 cm³/mol. The minimum atomic E-state index is -0.672. The van der Waals surface area contributed by atoms with Gasteiger partial charge >= 0.3 is 0 Å². The van der Waals surface area contributed by atoms with E-state index in [9.17, 15) is 4.79 Å². The second-order valence-corrected chi connectivity index (χ2v) is 5.56. The molecule has 0 amide bonds. The van der Waals surface area contributed by atoms with E-state index in [1.807, 2.05) is 45.0 Å². The predicted octanol–water partition coefficient (Wildman–Crippen LogP) is 3.62. The van der Waals surface area contributed by atoms with Crippen molar-refractivity contribution in [1.82, 2.24) is 0 Å². The zero-order chi connectivity index (χ0) is 13.9. The zero-order valence-corrected chi connectivity index (χ0v) is 11.9. The van der Waals surface area contributed by atoms with Crippen LogP contribution in [0.15, 0.2) is 24.3 Å². The van der Waals surface area contributed by atoms with E-state index in [1.165, 1.54) is 0 Å². The van der Waals surface area contributed by atoms with Gasteiger partial charge in [-0.15, -0.1) is 0 Å². The lowest BCUT2D eigenvalue weighted by Crippen LogP contribution is -2.41. The highest BCUT2D eigenvalue weighted by atomic mass is 16.5. The Morgan fingerprint density at radius 3 is 2.79 bits per heavy atom. The highest BCUT2D eigenvalue weighted by Gasteiger charge is 2.36. The number of rotatable bonds is 4. The maximum absolute atomic E-state index is 12.6. The molecule has 1 fully saturated rings. The average Bonchev–Trinajstić information content (AvgIpc) is 2.38. The van der Waals surface area contributed by atoms with Gasteiger partial charge in [-0.05, 0) is 52.2 Å². The second-order valence-electron chi connectivity index (χ2n) is 5.56. The van der Waals surface area contributed by atoms with Gasteiger partial charge in [-0.2, -0.15) is 0 Å². The first-order valence-corrected chi connectivity index (χ1v) is 6.97. The lowest BCUT2D eigenvalue weighted by molar-refractivity contribution is -0.0426. The van der Waals surface area contributed by atoms with E-state index in [-0.39, 0.29) is 11.9 Å². The topological polar surface area (TPSA) is 35.5 Å². The van der Waals surface area contributed by atoms with Gasteiger partial charge in [0.1, 0.15) is 11.4 Å². The highest BCUT2D eigenvalue weighted by Crippen LogP contribution is 2.29. The zero-order valence-electron chi connectivity index (χ0n) is 11.9. The molecule has 1 saturated heterocycles. The number of benzene rings is 1. The van der Waals surface area contributed by atoms with Gasteiger partial charge in [-0.25, -0.2) is 0 Å². The number of carbonyl (C=O) groups is 1. The van der Waals surface area contributed by atoms with Crippen LogP contribution in [0.4, 0.5) is 0 Å². The quantitative estimate of drug-likeness (QED) is 0.777. The largest absolute Gasteiger partial charge is 0.491 e. The van der Waals surface area contributed by atoms with E-state index in [0.717, 1.165) is 25.0 Å². The molecule has 0 saturated carbocycles. The summed E-state index contributed by atoms with van der Waals surface area (Å²) in [5.74, 6) is 0.793. The van der Waals surface area contributed by atoms with E-state index in [4.69, 9.17) is 9.47 Å². The van der Waals surface area contributed by atoms with Gasteiger partial charge in [0, 0.05) is 12.2 Å². The van der Waals surface area contributed by atoms with Crippen LogP contribution in [0.3, 0.4) is 0 Å².